The molecule has 1 aliphatic rings. The lowest BCUT2D eigenvalue weighted by atomic mass is 9.88. The molecule has 1 aromatic carbocycles. The van der Waals surface area contributed by atoms with E-state index in [0.717, 1.165) is 18.4 Å². The summed E-state index contributed by atoms with van der Waals surface area (Å²) >= 11 is 6.08. The first-order valence-corrected chi connectivity index (χ1v) is 7.60. The number of halogens is 1. The van der Waals surface area contributed by atoms with Crippen LogP contribution in [-0.4, -0.2) is 34.0 Å². The standard InChI is InChI=1S/C16H20ClNO3/c1-16(15(20)21)10-4-5-11-18(16)14(19)9-8-12-6-2-3-7-13(12)17/h2-3,6-7H,4-5,8-11H2,1H3,(H,20,21). The van der Waals surface area contributed by atoms with Crippen LogP contribution in [0.15, 0.2) is 24.3 Å². The van der Waals surface area contributed by atoms with E-state index in [0.29, 0.717) is 24.4 Å². The van der Waals surface area contributed by atoms with Crippen LogP contribution in [0.3, 0.4) is 0 Å². The van der Waals surface area contributed by atoms with Crippen LogP contribution in [0.4, 0.5) is 0 Å². The van der Waals surface area contributed by atoms with Gasteiger partial charge >= 0.3 is 5.97 Å². The average molecular weight is 310 g/mol. The predicted molar refractivity (Wildman–Crippen MR) is 81.4 cm³/mol. The molecule has 1 aliphatic heterocycles. The Balaban J connectivity index is 2.05. The predicted octanol–water partition coefficient (Wildman–Crippen LogP) is 3.13. The van der Waals surface area contributed by atoms with E-state index >= 15 is 0 Å². The van der Waals surface area contributed by atoms with Crippen molar-refractivity contribution in [1.29, 1.82) is 0 Å². The summed E-state index contributed by atoms with van der Waals surface area (Å²) in [6, 6.07) is 7.42. The number of hydrogen-bond acceptors (Lipinski definition) is 2. The van der Waals surface area contributed by atoms with Gasteiger partial charge in [0.25, 0.3) is 0 Å². The highest BCUT2D eigenvalue weighted by Gasteiger charge is 2.43. The molecule has 1 N–H and O–H groups in total. The largest absolute Gasteiger partial charge is 0.480 e. The van der Waals surface area contributed by atoms with Gasteiger partial charge in [0.1, 0.15) is 5.54 Å². The second-order valence-electron chi connectivity index (χ2n) is 5.67. The minimum absolute atomic E-state index is 0.112. The molecule has 2 rings (SSSR count). The Hall–Kier alpha value is -1.55. The van der Waals surface area contributed by atoms with E-state index in [1.165, 1.54) is 4.90 Å². The van der Waals surface area contributed by atoms with Crippen LogP contribution in [0.2, 0.25) is 5.02 Å². The van der Waals surface area contributed by atoms with Crippen LogP contribution in [0.1, 0.15) is 38.2 Å². The van der Waals surface area contributed by atoms with Gasteiger partial charge in [0.2, 0.25) is 5.91 Å². The summed E-state index contributed by atoms with van der Waals surface area (Å²) in [5.41, 5.74) is -0.155. The Morgan fingerprint density at radius 3 is 2.71 bits per heavy atom. The summed E-state index contributed by atoms with van der Waals surface area (Å²) in [5.74, 6) is -1.03. The van der Waals surface area contributed by atoms with Crippen LogP contribution < -0.4 is 0 Å². The maximum Gasteiger partial charge on any atom is 0.329 e. The molecule has 21 heavy (non-hydrogen) atoms. The topological polar surface area (TPSA) is 57.6 Å². The first-order valence-electron chi connectivity index (χ1n) is 7.22. The lowest BCUT2D eigenvalue weighted by Crippen LogP contribution is -2.57. The van der Waals surface area contributed by atoms with Crippen LogP contribution in [-0.2, 0) is 16.0 Å². The number of amides is 1. The number of piperidine rings is 1. The third-order valence-electron chi connectivity index (χ3n) is 4.22. The zero-order chi connectivity index (χ0) is 15.5. The molecule has 1 saturated heterocycles. The molecule has 0 bridgehead atoms. The number of likely N-dealkylation sites (tertiary alicyclic amines) is 1. The van der Waals surface area contributed by atoms with Crippen LogP contribution in [0, 0.1) is 0 Å². The molecule has 0 spiro atoms. The summed E-state index contributed by atoms with van der Waals surface area (Å²) < 4.78 is 0. The highest BCUT2D eigenvalue weighted by atomic mass is 35.5. The molecule has 0 radical (unpaired) electrons. The van der Waals surface area contributed by atoms with Crippen molar-refractivity contribution < 1.29 is 14.7 Å². The number of aliphatic carboxylic acids is 1. The summed E-state index contributed by atoms with van der Waals surface area (Å²) in [7, 11) is 0. The zero-order valence-corrected chi connectivity index (χ0v) is 12.9. The number of rotatable bonds is 4. The minimum Gasteiger partial charge on any atom is -0.480 e. The summed E-state index contributed by atoms with van der Waals surface area (Å²) in [6.07, 6.45) is 3.04. The lowest BCUT2D eigenvalue weighted by molar-refractivity contribution is -0.160. The number of carbonyl (C=O) groups is 2. The van der Waals surface area contributed by atoms with Crippen molar-refractivity contribution in [2.45, 2.75) is 44.6 Å². The van der Waals surface area contributed by atoms with E-state index in [1.807, 2.05) is 18.2 Å². The third-order valence-corrected chi connectivity index (χ3v) is 4.59. The van der Waals surface area contributed by atoms with Gasteiger partial charge in [0.15, 0.2) is 0 Å². The Morgan fingerprint density at radius 1 is 1.33 bits per heavy atom. The van der Waals surface area contributed by atoms with Gasteiger partial charge in [0.05, 0.1) is 0 Å². The zero-order valence-electron chi connectivity index (χ0n) is 12.1. The molecule has 0 saturated carbocycles. The molecule has 114 valence electrons. The van der Waals surface area contributed by atoms with Crippen LogP contribution in [0.5, 0.6) is 0 Å². The molecular weight excluding hydrogens is 290 g/mol. The van der Waals surface area contributed by atoms with Gasteiger partial charge < -0.3 is 10.0 Å². The first kappa shape index (κ1) is 15.8. The normalized spacial score (nSPS) is 22.1. The molecule has 1 fully saturated rings. The second-order valence-corrected chi connectivity index (χ2v) is 6.08. The number of carbonyl (C=O) groups excluding carboxylic acids is 1. The molecule has 0 aromatic heterocycles. The van der Waals surface area contributed by atoms with Crippen molar-refractivity contribution in [3.05, 3.63) is 34.9 Å². The monoisotopic (exact) mass is 309 g/mol. The number of carboxylic acids is 1. The van der Waals surface area contributed by atoms with Gasteiger partial charge in [-0.25, -0.2) is 4.79 Å². The van der Waals surface area contributed by atoms with Gasteiger partial charge in [-0.05, 0) is 44.2 Å². The average Bonchev–Trinajstić information content (AvgIpc) is 2.46. The number of aryl methyl sites for hydroxylation is 1. The lowest BCUT2D eigenvalue weighted by Gasteiger charge is -2.41. The van der Waals surface area contributed by atoms with Crippen LogP contribution >= 0.6 is 11.6 Å². The molecule has 1 aromatic rings. The second kappa shape index (κ2) is 6.48. The fourth-order valence-corrected chi connectivity index (χ4v) is 3.05. The quantitative estimate of drug-likeness (QED) is 0.929. The van der Waals surface area contributed by atoms with Crippen molar-refractivity contribution in [2.75, 3.05) is 6.54 Å². The Kier molecular flexibility index (Phi) is 4.88. The van der Waals surface area contributed by atoms with Gasteiger partial charge in [-0.15, -0.1) is 0 Å². The smallest absolute Gasteiger partial charge is 0.329 e. The molecule has 1 amide bonds. The van der Waals surface area contributed by atoms with Crippen molar-refractivity contribution in [1.82, 2.24) is 4.90 Å². The number of hydrogen-bond donors (Lipinski definition) is 1. The maximum absolute atomic E-state index is 12.4. The van der Waals surface area contributed by atoms with E-state index in [9.17, 15) is 14.7 Å². The molecular formula is C16H20ClNO3. The molecule has 1 atom stereocenters. The van der Waals surface area contributed by atoms with E-state index in [4.69, 9.17) is 11.6 Å². The molecule has 1 unspecified atom stereocenters. The highest BCUT2D eigenvalue weighted by molar-refractivity contribution is 6.31. The Morgan fingerprint density at radius 2 is 2.05 bits per heavy atom. The van der Waals surface area contributed by atoms with Gasteiger partial charge in [-0.2, -0.15) is 0 Å². The molecule has 0 aliphatic carbocycles. The number of nitrogens with zero attached hydrogens (tertiary/aromatic N) is 1. The summed E-state index contributed by atoms with van der Waals surface area (Å²) in [6.45, 7) is 2.16. The fraction of sp³-hybridized carbons (Fsp3) is 0.500. The molecule has 5 heteroatoms. The third kappa shape index (κ3) is 3.38. The van der Waals surface area contributed by atoms with E-state index in [-0.39, 0.29) is 12.3 Å². The van der Waals surface area contributed by atoms with E-state index in [1.54, 1.807) is 13.0 Å². The van der Waals surface area contributed by atoms with Crippen molar-refractivity contribution in [3.8, 4) is 0 Å². The Bertz CT molecular complexity index is 546. The van der Waals surface area contributed by atoms with Crippen molar-refractivity contribution in [2.24, 2.45) is 0 Å². The van der Waals surface area contributed by atoms with E-state index < -0.39 is 11.5 Å². The van der Waals surface area contributed by atoms with E-state index in [2.05, 4.69) is 0 Å². The fourth-order valence-electron chi connectivity index (χ4n) is 2.82. The molecule has 4 nitrogen and oxygen atoms in total. The number of carboxylic acid groups (broad SMARTS) is 1. The highest BCUT2D eigenvalue weighted by Crippen LogP contribution is 2.29. The van der Waals surface area contributed by atoms with Gasteiger partial charge in [0, 0.05) is 18.0 Å². The maximum atomic E-state index is 12.4. The molecule has 1 heterocycles. The summed E-state index contributed by atoms with van der Waals surface area (Å²) in [5, 5.41) is 10.1. The van der Waals surface area contributed by atoms with Gasteiger partial charge in [-0.3, -0.25) is 4.79 Å². The van der Waals surface area contributed by atoms with Gasteiger partial charge in [-0.1, -0.05) is 29.8 Å². The number of benzene rings is 1. The van der Waals surface area contributed by atoms with Crippen molar-refractivity contribution >= 4 is 23.5 Å². The van der Waals surface area contributed by atoms with Crippen LogP contribution in [0.25, 0.3) is 0 Å². The SMILES string of the molecule is CC1(C(=O)O)CCCCN1C(=O)CCc1ccccc1Cl. The first-order chi connectivity index (χ1) is 9.95. The Labute approximate surface area is 129 Å². The minimum atomic E-state index is -1.07. The van der Waals surface area contributed by atoms with Crippen molar-refractivity contribution in [3.63, 3.8) is 0 Å². The summed E-state index contributed by atoms with van der Waals surface area (Å²) in [4.78, 5) is 25.5.